The predicted octanol–water partition coefficient (Wildman–Crippen LogP) is 3.91. The second kappa shape index (κ2) is 5.81. The highest BCUT2D eigenvalue weighted by atomic mass is 32.2. The van der Waals surface area contributed by atoms with Gasteiger partial charge in [-0.2, -0.15) is 0 Å². The quantitative estimate of drug-likeness (QED) is 0.772. The molecule has 2 aliphatic carbocycles. The van der Waals surface area contributed by atoms with Crippen molar-refractivity contribution in [3.05, 3.63) is 0 Å². The number of nitrogens with zero attached hydrogens (tertiary/aromatic N) is 1. The molecule has 5 heteroatoms. The molecule has 2 fully saturated rings. The largest absolute Gasteiger partial charge is 0.475 e. The number of hydrogen-bond donors (Lipinski definition) is 0. The van der Waals surface area contributed by atoms with E-state index in [-0.39, 0.29) is 6.10 Å². The minimum absolute atomic E-state index is 0.153. The van der Waals surface area contributed by atoms with Crippen molar-refractivity contribution < 1.29 is 13.2 Å². The third-order valence-electron chi connectivity index (χ3n) is 5.48. The SMILES string of the molecule is CC1CC(CC2=NS(=O)(=O)C3CCCCC3O2)CC(C)(C)C1. The summed E-state index contributed by atoms with van der Waals surface area (Å²) in [6.45, 7) is 6.92. The van der Waals surface area contributed by atoms with Gasteiger partial charge in [0, 0.05) is 6.42 Å². The molecule has 2 saturated carbocycles. The van der Waals surface area contributed by atoms with Gasteiger partial charge in [-0.05, 0) is 55.8 Å². The fourth-order valence-corrected chi connectivity index (χ4v) is 6.55. The maximum Gasteiger partial charge on any atom is 0.262 e. The molecule has 0 N–H and O–H groups in total. The topological polar surface area (TPSA) is 55.7 Å². The molecule has 0 saturated heterocycles. The lowest BCUT2D eigenvalue weighted by Gasteiger charge is -2.40. The molecule has 22 heavy (non-hydrogen) atoms. The molecule has 3 rings (SSSR count). The van der Waals surface area contributed by atoms with E-state index >= 15 is 0 Å². The molecule has 0 amide bonds. The van der Waals surface area contributed by atoms with Crippen LogP contribution < -0.4 is 0 Å². The van der Waals surface area contributed by atoms with Crippen LogP contribution in [0.25, 0.3) is 0 Å². The molecule has 4 atom stereocenters. The first-order valence-electron chi connectivity index (χ1n) is 8.74. The van der Waals surface area contributed by atoms with Crippen LogP contribution in [0.5, 0.6) is 0 Å². The van der Waals surface area contributed by atoms with E-state index in [1.807, 2.05) is 0 Å². The molecule has 1 aliphatic heterocycles. The van der Waals surface area contributed by atoms with Crippen molar-refractivity contribution in [2.45, 2.75) is 83.5 Å². The lowest BCUT2D eigenvalue weighted by molar-refractivity contribution is 0.112. The van der Waals surface area contributed by atoms with Crippen LogP contribution in [0.4, 0.5) is 0 Å². The van der Waals surface area contributed by atoms with Crippen molar-refractivity contribution in [1.29, 1.82) is 0 Å². The Balaban J connectivity index is 1.73. The first-order valence-corrected chi connectivity index (χ1v) is 10.2. The van der Waals surface area contributed by atoms with Gasteiger partial charge in [0.15, 0.2) is 0 Å². The van der Waals surface area contributed by atoms with E-state index in [4.69, 9.17) is 4.74 Å². The molecule has 0 spiro atoms. The van der Waals surface area contributed by atoms with E-state index in [1.165, 1.54) is 6.42 Å². The molecule has 0 bridgehead atoms. The van der Waals surface area contributed by atoms with E-state index < -0.39 is 15.3 Å². The van der Waals surface area contributed by atoms with Crippen LogP contribution in [0, 0.1) is 17.3 Å². The van der Waals surface area contributed by atoms with Crippen LogP contribution in [0.15, 0.2) is 4.40 Å². The lowest BCUT2D eigenvalue weighted by Crippen LogP contribution is -2.43. The molecule has 0 aromatic heterocycles. The number of hydrogen-bond acceptors (Lipinski definition) is 3. The van der Waals surface area contributed by atoms with Gasteiger partial charge in [-0.15, -0.1) is 4.40 Å². The summed E-state index contributed by atoms with van der Waals surface area (Å²) in [5, 5.41) is -0.397. The van der Waals surface area contributed by atoms with Gasteiger partial charge in [0.1, 0.15) is 11.4 Å². The average Bonchev–Trinajstić information content (AvgIpc) is 2.35. The van der Waals surface area contributed by atoms with Gasteiger partial charge in [0.25, 0.3) is 10.0 Å². The van der Waals surface area contributed by atoms with Crippen molar-refractivity contribution in [1.82, 2.24) is 0 Å². The Morgan fingerprint density at radius 1 is 1.23 bits per heavy atom. The number of rotatable bonds is 2. The van der Waals surface area contributed by atoms with Gasteiger partial charge in [0.2, 0.25) is 5.90 Å². The van der Waals surface area contributed by atoms with Crippen LogP contribution in [0.2, 0.25) is 0 Å². The Labute approximate surface area is 134 Å². The van der Waals surface area contributed by atoms with E-state index in [1.54, 1.807) is 0 Å². The smallest absolute Gasteiger partial charge is 0.262 e. The molecule has 126 valence electrons. The number of sulfonamides is 1. The Bertz CT molecular complexity index is 552. The Kier molecular flexibility index (Phi) is 4.30. The van der Waals surface area contributed by atoms with Gasteiger partial charge >= 0.3 is 0 Å². The summed E-state index contributed by atoms with van der Waals surface area (Å²) in [4.78, 5) is 0. The lowest BCUT2D eigenvalue weighted by atomic mass is 9.67. The van der Waals surface area contributed by atoms with Crippen LogP contribution >= 0.6 is 0 Å². The van der Waals surface area contributed by atoms with Gasteiger partial charge in [-0.1, -0.05) is 27.2 Å². The maximum atomic E-state index is 12.4. The zero-order valence-electron chi connectivity index (χ0n) is 14.0. The van der Waals surface area contributed by atoms with Crippen LogP contribution in [-0.4, -0.2) is 25.7 Å². The van der Waals surface area contributed by atoms with E-state index in [0.29, 0.717) is 36.0 Å². The van der Waals surface area contributed by atoms with Crippen molar-refractivity contribution in [2.24, 2.45) is 21.6 Å². The summed E-state index contributed by atoms with van der Waals surface area (Å²) in [6, 6.07) is 0. The highest BCUT2D eigenvalue weighted by Crippen LogP contribution is 2.43. The highest BCUT2D eigenvalue weighted by Gasteiger charge is 2.42. The van der Waals surface area contributed by atoms with Crippen molar-refractivity contribution in [3.63, 3.8) is 0 Å². The zero-order chi connectivity index (χ0) is 16.0. The molecule has 0 radical (unpaired) electrons. The Morgan fingerprint density at radius 2 is 1.95 bits per heavy atom. The molecule has 3 aliphatic rings. The van der Waals surface area contributed by atoms with Crippen molar-refractivity contribution in [2.75, 3.05) is 0 Å². The Hall–Kier alpha value is -0.580. The molecule has 4 unspecified atom stereocenters. The fraction of sp³-hybridized carbons (Fsp3) is 0.941. The molecular formula is C17H29NO3S. The standard InChI is InChI=1S/C17H29NO3S/c1-12-8-13(11-17(2,3)10-12)9-16-18-22(19,20)15-7-5-4-6-14(15)21-16/h12-15H,4-11H2,1-3H3. The average molecular weight is 327 g/mol. The van der Waals surface area contributed by atoms with Gasteiger partial charge < -0.3 is 4.74 Å². The summed E-state index contributed by atoms with van der Waals surface area (Å²) >= 11 is 0. The molecule has 0 aromatic carbocycles. The first-order chi connectivity index (χ1) is 10.3. The number of fused-ring (bicyclic) bond motifs is 1. The minimum Gasteiger partial charge on any atom is -0.475 e. The van der Waals surface area contributed by atoms with Crippen molar-refractivity contribution in [3.8, 4) is 0 Å². The maximum absolute atomic E-state index is 12.4. The highest BCUT2D eigenvalue weighted by molar-refractivity contribution is 7.91. The van der Waals surface area contributed by atoms with E-state index in [0.717, 1.165) is 32.1 Å². The van der Waals surface area contributed by atoms with E-state index in [9.17, 15) is 8.42 Å². The Morgan fingerprint density at radius 3 is 2.68 bits per heavy atom. The van der Waals surface area contributed by atoms with Crippen molar-refractivity contribution >= 4 is 15.9 Å². The summed E-state index contributed by atoms with van der Waals surface area (Å²) < 4.78 is 34.8. The zero-order valence-corrected chi connectivity index (χ0v) is 14.9. The van der Waals surface area contributed by atoms with Crippen LogP contribution in [-0.2, 0) is 14.8 Å². The van der Waals surface area contributed by atoms with Gasteiger partial charge in [-0.25, -0.2) is 8.42 Å². The summed E-state index contributed by atoms with van der Waals surface area (Å²) in [7, 11) is -3.36. The van der Waals surface area contributed by atoms with Crippen LogP contribution in [0.1, 0.15) is 72.1 Å². The summed E-state index contributed by atoms with van der Waals surface area (Å²) in [5.74, 6) is 1.67. The monoisotopic (exact) mass is 327 g/mol. The molecule has 4 nitrogen and oxygen atoms in total. The predicted molar refractivity (Wildman–Crippen MR) is 88.4 cm³/mol. The van der Waals surface area contributed by atoms with Crippen LogP contribution in [0.3, 0.4) is 0 Å². The molecular weight excluding hydrogens is 298 g/mol. The number of ether oxygens (including phenoxy) is 1. The first kappa shape index (κ1) is 16.3. The second-order valence-corrected chi connectivity index (χ2v) is 10.3. The third-order valence-corrected chi connectivity index (χ3v) is 7.24. The normalized spacial score (nSPS) is 40.2. The summed E-state index contributed by atoms with van der Waals surface area (Å²) in [6.07, 6.45) is 7.68. The molecule has 1 heterocycles. The van der Waals surface area contributed by atoms with Gasteiger partial charge in [-0.3, -0.25) is 0 Å². The fourth-order valence-electron chi connectivity index (χ4n) is 4.98. The second-order valence-electron chi connectivity index (χ2n) is 8.46. The minimum atomic E-state index is -3.36. The van der Waals surface area contributed by atoms with Gasteiger partial charge in [0.05, 0.1) is 0 Å². The molecule has 0 aromatic rings. The van der Waals surface area contributed by atoms with E-state index in [2.05, 4.69) is 25.2 Å². The third kappa shape index (κ3) is 3.50. The summed E-state index contributed by atoms with van der Waals surface area (Å²) in [5.41, 5.74) is 0.337.